The van der Waals surface area contributed by atoms with Crippen molar-refractivity contribution in [3.63, 3.8) is 0 Å². The molecule has 1 fully saturated rings. The topological polar surface area (TPSA) is 6.48 Å². The molecule has 0 radical (unpaired) electrons. The Bertz CT molecular complexity index is 334. The van der Waals surface area contributed by atoms with Gasteiger partial charge in [-0.05, 0) is 24.2 Å². The van der Waals surface area contributed by atoms with Crippen LogP contribution in [0.15, 0.2) is 30.8 Å². The summed E-state index contributed by atoms with van der Waals surface area (Å²) in [6, 6.07) is 8.65. The number of hydrogen-bond donors (Lipinski definition) is 0. The number of anilines is 1. The average molecular weight is 216 g/mol. The smallest absolute Gasteiger partial charge is 0.0367 e. The minimum absolute atomic E-state index is 1.14. The van der Waals surface area contributed by atoms with Gasteiger partial charge in [-0.2, -0.15) is 0 Å². The third kappa shape index (κ3) is 2.45. The highest BCUT2D eigenvalue weighted by molar-refractivity contribution is 5.55. The first-order chi connectivity index (χ1) is 7.83. The molecule has 0 amide bonds. The average Bonchev–Trinajstić information content (AvgIpc) is 2.39. The van der Waals surface area contributed by atoms with Crippen LogP contribution < -0.4 is 4.90 Å². The van der Waals surface area contributed by atoms with Gasteiger partial charge in [-0.15, -0.1) is 0 Å². The zero-order chi connectivity index (χ0) is 11.4. The second-order valence-corrected chi connectivity index (χ2v) is 4.22. The molecule has 2 rings (SSSR count). The van der Waals surface area contributed by atoms with E-state index in [0.29, 0.717) is 0 Å². The van der Waals surface area contributed by atoms with Crippen molar-refractivity contribution in [3.8, 4) is 0 Å². The number of piperazine rings is 1. The van der Waals surface area contributed by atoms with Gasteiger partial charge < -0.3 is 9.80 Å². The van der Waals surface area contributed by atoms with Gasteiger partial charge in [0.2, 0.25) is 0 Å². The monoisotopic (exact) mass is 216 g/mol. The number of likely N-dealkylation sites (N-methyl/N-ethyl adjacent to an activating group) is 1. The van der Waals surface area contributed by atoms with E-state index in [9.17, 15) is 0 Å². The zero-order valence-corrected chi connectivity index (χ0v) is 10.0. The molecule has 2 heteroatoms. The van der Waals surface area contributed by atoms with Crippen LogP contribution in [0.5, 0.6) is 0 Å². The molecule has 0 unspecified atom stereocenters. The molecule has 0 aliphatic carbocycles. The molecule has 0 bridgehead atoms. The first-order valence-corrected chi connectivity index (χ1v) is 6.03. The molecule has 0 N–H and O–H groups in total. The molecular weight excluding hydrogens is 196 g/mol. The maximum absolute atomic E-state index is 3.77. The predicted octanol–water partition coefficient (Wildman–Crippen LogP) is 2.47. The first-order valence-electron chi connectivity index (χ1n) is 6.03. The Hall–Kier alpha value is -1.28. The maximum Gasteiger partial charge on any atom is 0.0367 e. The highest BCUT2D eigenvalue weighted by Crippen LogP contribution is 2.17. The summed E-state index contributed by atoms with van der Waals surface area (Å²) in [5.74, 6) is 0. The van der Waals surface area contributed by atoms with Crippen LogP contribution in [0.25, 0.3) is 6.08 Å². The fraction of sp³-hybridized carbons (Fsp3) is 0.429. The Morgan fingerprint density at radius 1 is 1.12 bits per heavy atom. The molecule has 0 atom stereocenters. The first kappa shape index (κ1) is 11.2. The van der Waals surface area contributed by atoms with Crippen LogP contribution in [0.1, 0.15) is 12.5 Å². The number of nitrogens with zero attached hydrogens (tertiary/aromatic N) is 2. The molecule has 0 aromatic heterocycles. The summed E-state index contributed by atoms with van der Waals surface area (Å²) < 4.78 is 0. The van der Waals surface area contributed by atoms with E-state index in [-0.39, 0.29) is 0 Å². The standard InChI is InChI=1S/C14H20N2/c1-3-13-5-7-14(8-6-13)16-11-9-15(4-2)10-12-16/h3,5-8H,1,4,9-12H2,2H3. The van der Waals surface area contributed by atoms with E-state index < -0.39 is 0 Å². The third-order valence-corrected chi connectivity index (χ3v) is 3.31. The van der Waals surface area contributed by atoms with Crippen molar-refractivity contribution in [2.24, 2.45) is 0 Å². The Morgan fingerprint density at radius 2 is 1.75 bits per heavy atom. The highest BCUT2D eigenvalue weighted by Gasteiger charge is 2.15. The largest absolute Gasteiger partial charge is 0.369 e. The third-order valence-electron chi connectivity index (χ3n) is 3.31. The van der Waals surface area contributed by atoms with Crippen LogP contribution >= 0.6 is 0 Å². The lowest BCUT2D eigenvalue weighted by atomic mass is 10.2. The van der Waals surface area contributed by atoms with Gasteiger partial charge in [0.05, 0.1) is 0 Å². The second-order valence-electron chi connectivity index (χ2n) is 4.22. The fourth-order valence-corrected chi connectivity index (χ4v) is 2.14. The summed E-state index contributed by atoms with van der Waals surface area (Å²) in [4.78, 5) is 4.95. The fourth-order valence-electron chi connectivity index (χ4n) is 2.14. The van der Waals surface area contributed by atoms with E-state index in [1.165, 1.54) is 30.9 Å². The van der Waals surface area contributed by atoms with Crippen LogP contribution in [-0.2, 0) is 0 Å². The van der Waals surface area contributed by atoms with Crippen molar-refractivity contribution < 1.29 is 0 Å². The normalized spacial score (nSPS) is 17.4. The molecular formula is C14H20N2. The number of rotatable bonds is 3. The minimum atomic E-state index is 1.14. The molecule has 1 aromatic rings. The molecule has 1 aliphatic rings. The Kier molecular flexibility index (Phi) is 3.62. The molecule has 1 aromatic carbocycles. The van der Waals surface area contributed by atoms with E-state index in [0.717, 1.165) is 13.1 Å². The van der Waals surface area contributed by atoms with Gasteiger partial charge in [0.15, 0.2) is 0 Å². The Balaban J connectivity index is 1.99. The number of hydrogen-bond acceptors (Lipinski definition) is 2. The van der Waals surface area contributed by atoms with Crippen LogP contribution in [0.2, 0.25) is 0 Å². The molecule has 1 saturated heterocycles. The van der Waals surface area contributed by atoms with Gasteiger partial charge in [-0.25, -0.2) is 0 Å². The minimum Gasteiger partial charge on any atom is -0.369 e. The molecule has 0 spiro atoms. The second kappa shape index (κ2) is 5.17. The van der Waals surface area contributed by atoms with Crippen molar-refractivity contribution >= 4 is 11.8 Å². The van der Waals surface area contributed by atoms with E-state index in [1.807, 2.05) is 6.08 Å². The summed E-state index contributed by atoms with van der Waals surface area (Å²) in [6.07, 6.45) is 1.89. The van der Waals surface area contributed by atoms with E-state index in [2.05, 4.69) is 47.6 Å². The predicted molar refractivity (Wildman–Crippen MR) is 70.9 cm³/mol. The highest BCUT2D eigenvalue weighted by atomic mass is 15.3. The van der Waals surface area contributed by atoms with Gasteiger partial charge in [-0.1, -0.05) is 31.7 Å². The lowest BCUT2D eigenvalue weighted by molar-refractivity contribution is 0.271. The van der Waals surface area contributed by atoms with Crippen LogP contribution in [-0.4, -0.2) is 37.6 Å². The van der Waals surface area contributed by atoms with Gasteiger partial charge in [0.25, 0.3) is 0 Å². The molecule has 1 heterocycles. The molecule has 1 aliphatic heterocycles. The van der Waals surface area contributed by atoms with E-state index in [4.69, 9.17) is 0 Å². The summed E-state index contributed by atoms with van der Waals surface area (Å²) in [5.41, 5.74) is 2.53. The van der Waals surface area contributed by atoms with Crippen molar-refractivity contribution in [2.75, 3.05) is 37.6 Å². The van der Waals surface area contributed by atoms with Gasteiger partial charge in [0.1, 0.15) is 0 Å². The van der Waals surface area contributed by atoms with Gasteiger partial charge in [0, 0.05) is 31.9 Å². The van der Waals surface area contributed by atoms with Crippen molar-refractivity contribution in [3.05, 3.63) is 36.4 Å². The van der Waals surface area contributed by atoms with Crippen LogP contribution in [0, 0.1) is 0 Å². The van der Waals surface area contributed by atoms with E-state index in [1.54, 1.807) is 0 Å². The number of benzene rings is 1. The van der Waals surface area contributed by atoms with E-state index >= 15 is 0 Å². The maximum atomic E-state index is 3.77. The molecule has 0 saturated carbocycles. The molecule has 86 valence electrons. The molecule has 16 heavy (non-hydrogen) atoms. The van der Waals surface area contributed by atoms with Gasteiger partial charge in [-0.3, -0.25) is 0 Å². The summed E-state index contributed by atoms with van der Waals surface area (Å²) in [5, 5.41) is 0. The summed E-state index contributed by atoms with van der Waals surface area (Å²) in [7, 11) is 0. The van der Waals surface area contributed by atoms with Crippen LogP contribution in [0.4, 0.5) is 5.69 Å². The zero-order valence-electron chi connectivity index (χ0n) is 10.0. The van der Waals surface area contributed by atoms with Crippen molar-refractivity contribution in [1.29, 1.82) is 0 Å². The SMILES string of the molecule is C=Cc1ccc(N2CCN(CC)CC2)cc1. The van der Waals surface area contributed by atoms with Crippen molar-refractivity contribution in [1.82, 2.24) is 4.90 Å². The Labute approximate surface area is 98.2 Å². The lowest BCUT2D eigenvalue weighted by Crippen LogP contribution is -2.46. The van der Waals surface area contributed by atoms with Crippen molar-refractivity contribution in [2.45, 2.75) is 6.92 Å². The summed E-state index contributed by atoms with van der Waals surface area (Å²) in [6.45, 7) is 11.8. The lowest BCUT2D eigenvalue weighted by Gasteiger charge is -2.35. The summed E-state index contributed by atoms with van der Waals surface area (Å²) >= 11 is 0. The Morgan fingerprint density at radius 3 is 2.25 bits per heavy atom. The quantitative estimate of drug-likeness (QED) is 0.766. The molecule has 2 nitrogen and oxygen atoms in total. The van der Waals surface area contributed by atoms with Crippen LogP contribution in [0.3, 0.4) is 0 Å². The van der Waals surface area contributed by atoms with Gasteiger partial charge >= 0.3 is 0 Å².